The lowest BCUT2D eigenvalue weighted by atomic mass is 9.79. The lowest BCUT2D eigenvalue weighted by Gasteiger charge is -2.52. The van der Waals surface area contributed by atoms with Crippen LogP contribution in [0.25, 0.3) is 0 Å². The molecule has 2 fully saturated rings. The molecule has 3 nitrogen and oxygen atoms in total. The van der Waals surface area contributed by atoms with Gasteiger partial charge in [-0.15, -0.1) is 0 Å². The molecule has 1 aromatic rings. The summed E-state index contributed by atoms with van der Waals surface area (Å²) in [7, 11) is 0. The van der Waals surface area contributed by atoms with Gasteiger partial charge in [0, 0.05) is 18.4 Å². The van der Waals surface area contributed by atoms with Gasteiger partial charge >= 0.3 is 0 Å². The van der Waals surface area contributed by atoms with E-state index in [9.17, 15) is 9.50 Å². The second kappa shape index (κ2) is 5.10. The van der Waals surface area contributed by atoms with Crippen LogP contribution in [0.5, 0.6) is 0 Å². The lowest BCUT2D eigenvalue weighted by molar-refractivity contribution is -0.340. The maximum absolute atomic E-state index is 13.6. The van der Waals surface area contributed by atoms with E-state index in [2.05, 4.69) is 0 Å². The molecule has 0 amide bonds. The third-order valence-electron chi connectivity index (χ3n) is 4.54. The van der Waals surface area contributed by atoms with Gasteiger partial charge in [0.25, 0.3) is 0 Å². The number of fused-ring (bicyclic) bond motifs is 2. The van der Waals surface area contributed by atoms with Crippen molar-refractivity contribution >= 4 is 0 Å². The van der Waals surface area contributed by atoms with Crippen LogP contribution in [0.3, 0.4) is 0 Å². The van der Waals surface area contributed by atoms with Crippen LogP contribution in [0.1, 0.15) is 44.6 Å². The zero-order valence-corrected chi connectivity index (χ0v) is 11.8. The summed E-state index contributed by atoms with van der Waals surface area (Å²) >= 11 is 0. The van der Waals surface area contributed by atoms with E-state index in [1.165, 1.54) is 6.07 Å². The average molecular weight is 280 g/mol. The van der Waals surface area contributed by atoms with Gasteiger partial charge < -0.3 is 14.6 Å². The normalized spacial score (nSPS) is 36.9. The molecule has 4 heteroatoms. The fourth-order valence-corrected chi connectivity index (χ4v) is 3.38. The summed E-state index contributed by atoms with van der Waals surface area (Å²) in [4.78, 5) is 0. The van der Waals surface area contributed by atoms with Gasteiger partial charge in [0.15, 0.2) is 5.79 Å². The number of hydrogen-bond acceptors (Lipinski definition) is 3. The van der Waals surface area contributed by atoms with Crippen molar-refractivity contribution in [2.45, 2.75) is 63.1 Å². The summed E-state index contributed by atoms with van der Waals surface area (Å²) in [6, 6.07) is 6.65. The Bertz CT molecular complexity index is 492. The van der Waals surface area contributed by atoms with Crippen molar-refractivity contribution in [1.82, 2.24) is 0 Å². The maximum Gasteiger partial charge on any atom is 0.166 e. The van der Waals surface area contributed by atoms with Crippen molar-refractivity contribution in [3.63, 3.8) is 0 Å². The number of ether oxygens (including phenoxy) is 2. The maximum atomic E-state index is 13.6. The molecule has 3 rings (SSSR count). The van der Waals surface area contributed by atoms with E-state index in [0.717, 1.165) is 19.3 Å². The first-order chi connectivity index (χ1) is 9.51. The van der Waals surface area contributed by atoms with Crippen LogP contribution in [0, 0.1) is 5.82 Å². The molecule has 0 spiro atoms. The lowest BCUT2D eigenvalue weighted by Crippen LogP contribution is -2.58. The quantitative estimate of drug-likeness (QED) is 0.924. The zero-order valence-electron chi connectivity index (χ0n) is 11.8. The van der Waals surface area contributed by atoms with Crippen LogP contribution in [-0.4, -0.2) is 22.6 Å². The number of halogens is 1. The Hall–Kier alpha value is -0.970. The Morgan fingerprint density at radius 2 is 2.15 bits per heavy atom. The largest absolute Gasteiger partial charge is 0.370 e. The molecule has 0 aromatic heterocycles. The fourth-order valence-electron chi connectivity index (χ4n) is 3.38. The molecule has 1 aromatic carbocycles. The SMILES string of the molecule is C[C@@]12CCC[C@@](O)(CC[C@@H]1OCc1ccccc1F)O2. The molecule has 2 saturated heterocycles. The van der Waals surface area contributed by atoms with E-state index in [0.29, 0.717) is 18.4 Å². The molecule has 0 aliphatic carbocycles. The van der Waals surface area contributed by atoms with Gasteiger partial charge in [-0.1, -0.05) is 18.2 Å². The van der Waals surface area contributed by atoms with E-state index < -0.39 is 11.4 Å². The highest BCUT2D eigenvalue weighted by Gasteiger charge is 2.51. The molecule has 0 unspecified atom stereocenters. The Balaban J connectivity index is 1.68. The first kappa shape index (κ1) is 14.0. The third-order valence-corrected chi connectivity index (χ3v) is 4.54. The van der Waals surface area contributed by atoms with Crippen LogP contribution >= 0.6 is 0 Å². The van der Waals surface area contributed by atoms with Crippen LogP contribution in [0.2, 0.25) is 0 Å². The highest BCUT2D eigenvalue weighted by atomic mass is 19.1. The minimum absolute atomic E-state index is 0.0947. The molecule has 2 heterocycles. The van der Waals surface area contributed by atoms with E-state index >= 15 is 0 Å². The summed E-state index contributed by atoms with van der Waals surface area (Å²) in [6.07, 6.45) is 3.75. The molecule has 0 saturated carbocycles. The Morgan fingerprint density at radius 1 is 1.35 bits per heavy atom. The monoisotopic (exact) mass is 280 g/mol. The van der Waals surface area contributed by atoms with Gasteiger partial charge in [0.1, 0.15) is 5.82 Å². The third kappa shape index (κ3) is 2.60. The molecule has 110 valence electrons. The van der Waals surface area contributed by atoms with E-state index in [1.807, 2.05) is 6.92 Å². The minimum atomic E-state index is -0.981. The zero-order chi connectivity index (χ0) is 14.2. The molecule has 3 atom stereocenters. The first-order valence-corrected chi connectivity index (χ1v) is 7.28. The van der Waals surface area contributed by atoms with Gasteiger partial charge in [0.05, 0.1) is 18.3 Å². The summed E-state index contributed by atoms with van der Waals surface area (Å²) in [6.45, 7) is 2.23. The molecular weight excluding hydrogens is 259 g/mol. The van der Waals surface area contributed by atoms with Crippen LogP contribution in [-0.2, 0) is 16.1 Å². The predicted molar refractivity (Wildman–Crippen MR) is 72.5 cm³/mol. The van der Waals surface area contributed by atoms with Crippen LogP contribution in [0.4, 0.5) is 4.39 Å². The second-order valence-electron chi connectivity index (χ2n) is 6.14. The summed E-state index contributed by atoms with van der Waals surface area (Å²) < 4.78 is 25.4. The summed E-state index contributed by atoms with van der Waals surface area (Å²) in [5.74, 6) is -1.22. The average Bonchev–Trinajstić information content (AvgIpc) is 2.39. The molecule has 20 heavy (non-hydrogen) atoms. The van der Waals surface area contributed by atoms with E-state index in [-0.39, 0.29) is 18.5 Å². The number of benzene rings is 1. The van der Waals surface area contributed by atoms with Gasteiger partial charge in [-0.05, 0) is 32.3 Å². The van der Waals surface area contributed by atoms with Crippen molar-refractivity contribution < 1.29 is 19.0 Å². The molecule has 2 aliphatic heterocycles. The minimum Gasteiger partial charge on any atom is -0.370 e. The standard InChI is InChI=1S/C16H21FO3/c1-15-8-4-9-16(18,20-15)10-7-14(15)19-11-12-5-2-3-6-13(12)17/h2-3,5-6,14,18H,4,7-11H2,1H3/t14-,15+,16-/m0/s1. The predicted octanol–water partition coefficient (Wildman–Crippen LogP) is 3.15. The number of hydrogen-bond donors (Lipinski definition) is 1. The highest BCUT2D eigenvalue weighted by Crippen LogP contribution is 2.45. The van der Waals surface area contributed by atoms with Crippen molar-refractivity contribution in [2.24, 2.45) is 0 Å². The van der Waals surface area contributed by atoms with E-state index in [1.54, 1.807) is 18.2 Å². The molecule has 1 N–H and O–H groups in total. The smallest absolute Gasteiger partial charge is 0.166 e. The Labute approximate surface area is 118 Å². The number of aliphatic hydroxyl groups is 1. The van der Waals surface area contributed by atoms with Gasteiger partial charge in [-0.2, -0.15) is 0 Å². The summed E-state index contributed by atoms with van der Waals surface area (Å²) in [5.41, 5.74) is 0.101. The fraction of sp³-hybridized carbons (Fsp3) is 0.625. The van der Waals surface area contributed by atoms with Crippen molar-refractivity contribution in [2.75, 3.05) is 0 Å². The van der Waals surface area contributed by atoms with Gasteiger partial charge in [0.2, 0.25) is 0 Å². The topological polar surface area (TPSA) is 38.7 Å². The summed E-state index contributed by atoms with van der Waals surface area (Å²) in [5, 5.41) is 10.3. The van der Waals surface area contributed by atoms with Crippen molar-refractivity contribution in [3.8, 4) is 0 Å². The van der Waals surface area contributed by atoms with Crippen LogP contribution in [0.15, 0.2) is 24.3 Å². The molecular formula is C16H21FO3. The van der Waals surface area contributed by atoms with Crippen LogP contribution < -0.4 is 0 Å². The molecule has 0 radical (unpaired) electrons. The number of rotatable bonds is 3. The second-order valence-corrected chi connectivity index (χ2v) is 6.14. The Morgan fingerprint density at radius 3 is 2.95 bits per heavy atom. The van der Waals surface area contributed by atoms with Gasteiger partial charge in [-0.3, -0.25) is 0 Å². The van der Waals surface area contributed by atoms with E-state index in [4.69, 9.17) is 9.47 Å². The molecule has 2 aliphatic rings. The van der Waals surface area contributed by atoms with Crippen molar-refractivity contribution in [3.05, 3.63) is 35.6 Å². The Kier molecular flexibility index (Phi) is 3.56. The molecule has 2 bridgehead atoms. The van der Waals surface area contributed by atoms with Crippen molar-refractivity contribution in [1.29, 1.82) is 0 Å². The first-order valence-electron chi connectivity index (χ1n) is 7.28. The van der Waals surface area contributed by atoms with Gasteiger partial charge in [-0.25, -0.2) is 4.39 Å². The highest BCUT2D eigenvalue weighted by molar-refractivity contribution is 5.16.